The van der Waals surface area contributed by atoms with E-state index in [2.05, 4.69) is 37.2 Å². The third kappa shape index (κ3) is 4.05. The van der Waals surface area contributed by atoms with E-state index in [-0.39, 0.29) is 22.3 Å². The molecule has 4 nitrogen and oxygen atoms in total. The van der Waals surface area contributed by atoms with Gasteiger partial charge in [0.15, 0.2) is 0 Å². The number of fused-ring (bicyclic) bond motifs is 1. The number of hydrogen-bond acceptors (Lipinski definition) is 3. The molecule has 0 radical (unpaired) electrons. The molecule has 0 saturated heterocycles. The van der Waals surface area contributed by atoms with E-state index in [9.17, 15) is 14.4 Å². The Morgan fingerprint density at radius 2 is 2.07 bits per heavy atom. The molecule has 0 unspecified atom stereocenters. The molecule has 2 aromatic rings. The monoisotopic (exact) mass is 369 g/mol. The summed E-state index contributed by atoms with van der Waals surface area (Å²) in [6, 6.07) is 4.91. The van der Waals surface area contributed by atoms with Crippen molar-refractivity contribution in [3.05, 3.63) is 29.3 Å². The minimum atomic E-state index is -0.527. The van der Waals surface area contributed by atoms with Crippen LogP contribution in [0, 0.1) is 22.6 Å². The maximum atomic E-state index is 14.1. The summed E-state index contributed by atoms with van der Waals surface area (Å²) in [5.41, 5.74) is 1.44. The zero-order valence-corrected chi connectivity index (χ0v) is 16.7. The predicted octanol–water partition coefficient (Wildman–Crippen LogP) is 5.27. The standard InChI is InChI=1S/C22H28FN3O/c1-21(2,3)13-16(27)7-5-8-20-25-18-12-17(23)15(14-24)11-19(18)26(20)22(4)9-6-10-22/h11-12H,5-10,13H2,1-4H3. The van der Waals surface area contributed by atoms with Crippen molar-refractivity contribution in [3.63, 3.8) is 0 Å². The van der Waals surface area contributed by atoms with Crippen LogP contribution < -0.4 is 0 Å². The second-order valence-electron chi connectivity index (χ2n) is 9.28. The second-order valence-corrected chi connectivity index (χ2v) is 9.28. The summed E-state index contributed by atoms with van der Waals surface area (Å²) in [5.74, 6) is 0.642. The van der Waals surface area contributed by atoms with Crippen LogP contribution in [0.3, 0.4) is 0 Å². The first-order chi connectivity index (χ1) is 12.6. The van der Waals surface area contributed by atoms with Crippen LogP contribution in [0.5, 0.6) is 0 Å². The van der Waals surface area contributed by atoms with Gasteiger partial charge >= 0.3 is 0 Å². The average Bonchev–Trinajstić information content (AvgIpc) is 2.87. The van der Waals surface area contributed by atoms with Crippen molar-refractivity contribution in [2.45, 2.75) is 78.2 Å². The number of aromatic nitrogens is 2. The molecule has 0 N–H and O–H groups in total. The van der Waals surface area contributed by atoms with Gasteiger partial charge in [-0.2, -0.15) is 5.26 Å². The van der Waals surface area contributed by atoms with E-state index >= 15 is 0 Å². The number of benzene rings is 1. The fraction of sp³-hybridized carbons (Fsp3) is 0.591. The number of halogens is 1. The second kappa shape index (κ2) is 7.07. The van der Waals surface area contributed by atoms with E-state index in [0.29, 0.717) is 24.8 Å². The van der Waals surface area contributed by atoms with Gasteiger partial charge in [-0.3, -0.25) is 4.79 Å². The van der Waals surface area contributed by atoms with Crippen molar-refractivity contribution in [1.29, 1.82) is 5.26 Å². The molecule has 0 bridgehead atoms. The molecule has 0 amide bonds. The average molecular weight is 369 g/mol. The molecule has 0 spiro atoms. The maximum Gasteiger partial charge on any atom is 0.143 e. The van der Waals surface area contributed by atoms with Gasteiger partial charge < -0.3 is 4.57 Å². The van der Waals surface area contributed by atoms with Crippen molar-refractivity contribution in [1.82, 2.24) is 9.55 Å². The quantitative estimate of drug-likeness (QED) is 0.696. The maximum absolute atomic E-state index is 14.1. The van der Waals surface area contributed by atoms with Crippen LogP contribution >= 0.6 is 0 Å². The third-order valence-corrected chi connectivity index (χ3v) is 5.49. The highest BCUT2D eigenvalue weighted by Crippen LogP contribution is 2.42. The van der Waals surface area contributed by atoms with E-state index in [0.717, 1.165) is 37.0 Å². The van der Waals surface area contributed by atoms with Crippen LogP contribution in [0.2, 0.25) is 0 Å². The lowest BCUT2D eigenvalue weighted by Gasteiger charge is -2.41. The lowest BCUT2D eigenvalue weighted by molar-refractivity contribution is -0.120. The first-order valence-electron chi connectivity index (χ1n) is 9.76. The Morgan fingerprint density at radius 3 is 2.63 bits per heavy atom. The largest absolute Gasteiger partial charge is 0.322 e. The summed E-state index contributed by atoms with van der Waals surface area (Å²) in [6.45, 7) is 8.41. The lowest BCUT2D eigenvalue weighted by Crippen LogP contribution is -2.38. The van der Waals surface area contributed by atoms with Gasteiger partial charge in [0.2, 0.25) is 0 Å². The fourth-order valence-electron chi connectivity index (χ4n) is 4.04. The smallest absolute Gasteiger partial charge is 0.143 e. The van der Waals surface area contributed by atoms with Crippen LogP contribution in [0.1, 0.15) is 77.6 Å². The van der Waals surface area contributed by atoms with Crippen LogP contribution in [-0.2, 0) is 16.8 Å². The Bertz CT molecular complexity index is 910. The van der Waals surface area contributed by atoms with Gasteiger partial charge in [-0.1, -0.05) is 20.8 Å². The van der Waals surface area contributed by atoms with E-state index in [4.69, 9.17) is 0 Å². The molecular weight excluding hydrogens is 341 g/mol. The Labute approximate surface area is 160 Å². The molecule has 0 aliphatic heterocycles. The van der Waals surface area contributed by atoms with Crippen molar-refractivity contribution >= 4 is 16.8 Å². The fourth-order valence-corrected chi connectivity index (χ4v) is 4.04. The number of carbonyl (C=O) groups is 1. The molecule has 5 heteroatoms. The molecule has 3 rings (SSSR count). The summed E-state index contributed by atoms with van der Waals surface area (Å²) in [5, 5.41) is 9.19. The Kier molecular flexibility index (Phi) is 5.12. The minimum absolute atomic E-state index is 0.00879. The molecule has 1 aliphatic rings. The zero-order chi connectivity index (χ0) is 19.8. The van der Waals surface area contributed by atoms with Crippen molar-refractivity contribution in [3.8, 4) is 6.07 Å². The molecular formula is C22H28FN3O. The molecule has 144 valence electrons. The number of nitriles is 1. The molecule has 0 atom stereocenters. The minimum Gasteiger partial charge on any atom is -0.322 e. The molecule has 1 fully saturated rings. The summed E-state index contributed by atoms with van der Waals surface area (Å²) >= 11 is 0. The van der Waals surface area contributed by atoms with Crippen molar-refractivity contribution in [2.24, 2.45) is 5.41 Å². The summed E-state index contributed by atoms with van der Waals surface area (Å²) in [7, 11) is 0. The Morgan fingerprint density at radius 1 is 1.37 bits per heavy atom. The molecule has 1 aromatic carbocycles. The molecule has 1 aromatic heterocycles. The highest BCUT2D eigenvalue weighted by molar-refractivity contribution is 5.79. The number of Topliss-reactive ketones (excluding diaryl/α,β-unsaturated/α-hetero) is 1. The molecule has 1 saturated carbocycles. The number of rotatable bonds is 6. The predicted molar refractivity (Wildman–Crippen MR) is 104 cm³/mol. The number of aryl methyl sites for hydroxylation is 1. The highest BCUT2D eigenvalue weighted by Gasteiger charge is 2.36. The summed E-state index contributed by atoms with van der Waals surface area (Å²) in [4.78, 5) is 16.9. The first-order valence-corrected chi connectivity index (χ1v) is 9.76. The number of hydrogen-bond donors (Lipinski definition) is 0. The highest BCUT2D eigenvalue weighted by atomic mass is 19.1. The van der Waals surface area contributed by atoms with Crippen molar-refractivity contribution < 1.29 is 9.18 Å². The van der Waals surface area contributed by atoms with Gasteiger partial charge in [0.05, 0.1) is 16.6 Å². The van der Waals surface area contributed by atoms with Gasteiger partial charge in [0, 0.05) is 30.9 Å². The number of imidazole rings is 1. The van der Waals surface area contributed by atoms with Gasteiger partial charge in [-0.05, 0) is 44.1 Å². The van der Waals surface area contributed by atoms with Gasteiger partial charge in [0.25, 0.3) is 0 Å². The summed E-state index contributed by atoms with van der Waals surface area (Å²) < 4.78 is 16.2. The van der Waals surface area contributed by atoms with Gasteiger partial charge in [-0.25, -0.2) is 9.37 Å². The molecule has 1 heterocycles. The normalized spacial score (nSPS) is 16.1. The van der Waals surface area contributed by atoms with E-state index in [1.54, 1.807) is 6.07 Å². The van der Waals surface area contributed by atoms with E-state index < -0.39 is 5.82 Å². The molecule has 1 aliphatic carbocycles. The van der Waals surface area contributed by atoms with Crippen molar-refractivity contribution in [2.75, 3.05) is 0 Å². The SMILES string of the molecule is CC(C)(C)CC(=O)CCCc1nc2cc(F)c(C#N)cc2n1C1(C)CCC1. The van der Waals surface area contributed by atoms with Crippen LogP contribution in [0.15, 0.2) is 12.1 Å². The van der Waals surface area contributed by atoms with E-state index in [1.807, 2.05) is 6.07 Å². The zero-order valence-electron chi connectivity index (χ0n) is 16.7. The van der Waals surface area contributed by atoms with E-state index in [1.165, 1.54) is 6.07 Å². The number of carbonyl (C=O) groups excluding carboxylic acids is 1. The van der Waals surface area contributed by atoms with Crippen LogP contribution in [-0.4, -0.2) is 15.3 Å². The van der Waals surface area contributed by atoms with Crippen LogP contribution in [0.25, 0.3) is 11.0 Å². The number of nitrogens with zero attached hydrogens (tertiary/aromatic N) is 3. The molecule has 27 heavy (non-hydrogen) atoms. The number of ketones is 1. The Hall–Kier alpha value is -2.22. The van der Waals surface area contributed by atoms with Gasteiger partial charge in [0.1, 0.15) is 23.5 Å². The van der Waals surface area contributed by atoms with Crippen LogP contribution in [0.4, 0.5) is 4.39 Å². The third-order valence-electron chi connectivity index (χ3n) is 5.49. The first kappa shape index (κ1) is 19.5. The van der Waals surface area contributed by atoms with Gasteiger partial charge in [-0.15, -0.1) is 0 Å². The summed E-state index contributed by atoms with van der Waals surface area (Å²) in [6.07, 6.45) is 5.80. The topological polar surface area (TPSA) is 58.7 Å². The lowest BCUT2D eigenvalue weighted by atomic mass is 9.78. The Balaban J connectivity index is 1.87.